The van der Waals surface area contributed by atoms with Gasteiger partial charge in [-0.3, -0.25) is 4.79 Å². The fourth-order valence-electron chi connectivity index (χ4n) is 5.03. The number of benzene rings is 2. The summed E-state index contributed by atoms with van der Waals surface area (Å²) in [7, 11) is 0. The van der Waals surface area contributed by atoms with Gasteiger partial charge in [-0.25, -0.2) is 0 Å². The van der Waals surface area contributed by atoms with Gasteiger partial charge in [-0.05, 0) is 74.9 Å². The molecule has 1 aliphatic heterocycles. The zero-order valence-electron chi connectivity index (χ0n) is 17.4. The van der Waals surface area contributed by atoms with E-state index in [2.05, 4.69) is 15.1 Å². The summed E-state index contributed by atoms with van der Waals surface area (Å²) in [6.07, 6.45) is 7.37. The Morgan fingerprint density at radius 2 is 1.67 bits per heavy atom. The molecule has 0 N–H and O–H groups in total. The number of aromatic nitrogens is 2. The van der Waals surface area contributed by atoms with Gasteiger partial charge in [0, 0.05) is 29.3 Å². The van der Waals surface area contributed by atoms with Crippen LogP contribution in [-0.4, -0.2) is 33.6 Å². The topological polar surface area (TPSA) is 59.2 Å². The number of hydrogen-bond donors (Lipinski definition) is 0. The van der Waals surface area contributed by atoms with E-state index in [-0.39, 0.29) is 5.91 Å². The van der Waals surface area contributed by atoms with Gasteiger partial charge in [-0.1, -0.05) is 30.5 Å². The van der Waals surface area contributed by atoms with Gasteiger partial charge in [0.05, 0.1) is 0 Å². The van der Waals surface area contributed by atoms with Gasteiger partial charge in [-0.15, -0.1) is 10.2 Å². The minimum absolute atomic E-state index is 0.157. The molecule has 2 fully saturated rings. The van der Waals surface area contributed by atoms with Crippen molar-refractivity contribution in [2.75, 3.05) is 6.54 Å². The number of aryl methyl sites for hydroxylation is 1. The number of amides is 1. The Labute approximate surface area is 177 Å². The second-order valence-corrected chi connectivity index (χ2v) is 8.61. The van der Waals surface area contributed by atoms with Crippen LogP contribution in [0.3, 0.4) is 0 Å². The first kappa shape index (κ1) is 19.0. The molecule has 2 atom stereocenters. The second-order valence-electron chi connectivity index (χ2n) is 8.61. The number of piperidine rings is 1. The second kappa shape index (κ2) is 8.05. The van der Waals surface area contributed by atoms with Gasteiger partial charge in [0.2, 0.25) is 11.8 Å². The number of rotatable bonds is 3. The molecule has 1 amide bonds. The molecular weight excluding hydrogens is 374 g/mol. The Morgan fingerprint density at radius 1 is 0.933 bits per heavy atom. The summed E-state index contributed by atoms with van der Waals surface area (Å²) >= 11 is 0. The van der Waals surface area contributed by atoms with E-state index < -0.39 is 0 Å². The maximum atomic E-state index is 13.2. The van der Waals surface area contributed by atoms with Crippen LogP contribution in [0.4, 0.5) is 0 Å². The third-order valence-electron chi connectivity index (χ3n) is 6.57. The van der Waals surface area contributed by atoms with Gasteiger partial charge in [0.15, 0.2) is 0 Å². The van der Waals surface area contributed by atoms with Crippen molar-refractivity contribution in [3.05, 3.63) is 59.7 Å². The first-order valence-corrected chi connectivity index (χ1v) is 11.0. The van der Waals surface area contributed by atoms with Crippen molar-refractivity contribution < 1.29 is 9.21 Å². The van der Waals surface area contributed by atoms with E-state index in [1.165, 1.54) is 25.7 Å². The summed E-state index contributed by atoms with van der Waals surface area (Å²) in [4.78, 5) is 15.3. The average molecular weight is 402 g/mol. The van der Waals surface area contributed by atoms with Crippen molar-refractivity contribution in [2.24, 2.45) is 5.92 Å². The Balaban J connectivity index is 1.34. The summed E-state index contributed by atoms with van der Waals surface area (Å²) in [5, 5.41) is 8.39. The van der Waals surface area contributed by atoms with Crippen LogP contribution in [0.25, 0.3) is 22.9 Å². The molecule has 5 heteroatoms. The van der Waals surface area contributed by atoms with E-state index >= 15 is 0 Å². The van der Waals surface area contributed by atoms with E-state index in [4.69, 9.17) is 4.42 Å². The number of fused-ring (bicyclic) bond motifs is 1. The predicted octanol–water partition coefficient (Wildman–Crippen LogP) is 5.51. The van der Waals surface area contributed by atoms with Gasteiger partial charge in [0.25, 0.3) is 5.91 Å². The quantitative estimate of drug-likeness (QED) is 0.581. The van der Waals surface area contributed by atoms with Crippen molar-refractivity contribution in [2.45, 2.75) is 51.5 Å². The highest BCUT2D eigenvalue weighted by Crippen LogP contribution is 2.36. The standard InChI is InChI=1S/C25H27N3O2/c1-17-6-4-8-21(16-17)24-27-26-23(30-24)19-11-13-20(14-12-19)25(29)28-15-5-9-18-7-2-3-10-22(18)28/h4,6,8,11-14,16,18,22H,2-3,5,7,9-10,15H2,1H3. The monoisotopic (exact) mass is 401 g/mol. The molecular formula is C25H27N3O2. The number of likely N-dealkylation sites (tertiary alicyclic amines) is 1. The third kappa shape index (κ3) is 3.64. The molecule has 30 heavy (non-hydrogen) atoms. The number of carbonyl (C=O) groups excluding carboxylic acids is 1. The molecule has 2 aromatic carbocycles. The SMILES string of the molecule is Cc1cccc(-c2nnc(-c3ccc(C(=O)N4CCCC5CCCCC54)cc3)o2)c1. The van der Waals surface area contributed by atoms with Crippen LogP contribution in [0.15, 0.2) is 52.9 Å². The molecule has 2 unspecified atom stereocenters. The fourth-order valence-corrected chi connectivity index (χ4v) is 5.03. The minimum Gasteiger partial charge on any atom is -0.416 e. The van der Waals surface area contributed by atoms with Crippen LogP contribution in [0.2, 0.25) is 0 Å². The predicted molar refractivity (Wildman–Crippen MR) is 116 cm³/mol. The maximum absolute atomic E-state index is 13.2. The molecule has 1 saturated carbocycles. The summed E-state index contributed by atoms with van der Waals surface area (Å²) in [5.41, 5.74) is 3.62. The highest BCUT2D eigenvalue weighted by atomic mass is 16.4. The Hall–Kier alpha value is -2.95. The molecule has 1 aromatic heterocycles. The van der Waals surface area contributed by atoms with Gasteiger partial charge >= 0.3 is 0 Å². The van der Waals surface area contributed by atoms with Crippen LogP contribution in [0.5, 0.6) is 0 Å². The smallest absolute Gasteiger partial charge is 0.254 e. The van der Waals surface area contributed by atoms with E-state index in [0.717, 1.165) is 41.6 Å². The Kier molecular flexibility index (Phi) is 5.11. The van der Waals surface area contributed by atoms with Crippen molar-refractivity contribution in [3.8, 4) is 22.9 Å². The average Bonchev–Trinajstić information content (AvgIpc) is 3.29. The van der Waals surface area contributed by atoms with E-state index in [1.54, 1.807) is 0 Å². The number of carbonyl (C=O) groups is 1. The fraction of sp³-hybridized carbons (Fsp3) is 0.400. The minimum atomic E-state index is 0.157. The molecule has 5 nitrogen and oxygen atoms in total. The molecule has 0 spiro atoms. The summed E-state index contributed by atoms with van der Waals surface area (Å²) in [6, 6.07) is 16.0. The Morgan fingerprint density at radius 3 is 2.47 bits per heavy atom. The van der Waals surface area contributed by atoms with Crippen LogP contribution < -0.4 is 0 Å². The molecule has 0 radical (unpaired) electrons. The lowest BCUT2D eigenvalue weighted by Gasteiger charge is -2.44. The zero-order chi connectivity index (χ0) is 20.5. The zero-order valence-corrected chi connectivity index (χ0v) is 17.4. The van der Waals surface area contributed by atoms with E-state index in [0.29, 0.717) is 23.7 Å². The van der Waals surface area contributed by atoms with Gasteiger partial charge in [-0.2, -0.15) is 0 Å². The molecule has 0 bridgehead atoms. The van der Waals surface area contributed by atoms with Crippen LogP contribution >= 0.6 is 0 Å². The summed E-state index contributed by atoms with van der Waals surface area (Å²) in [6.45, 7) is 2.92. The largest absolute Gasteiger partial charge is 0.416 e. The molecule has 1 saturated heterocycles. The first-order valence-electron chi connectivity index (χ1n) is 11.0. The highest BCUT2D eigenvalue weighted by Gasteiger charge is 2.35. The van der Waals surface area contributed by atoms with Crippen molar-refractivity contribution in [1.29, 1.82) is 0 Å². The number of hydrogen-bond acceptors (Lipinski definition) is 4. The molecule has 154 valence electrons. The van der Waals surface area contributed by atoms with Crippen molar-refractivity contribution >= 4 is 5.91 Å². The lowest BCUT2D eigenvalue weighted by atomic mass is 9.78. The normalized spacial score (nSPS) is 21.3. The molecule has 2 aliphatic rings. The highest BCUT2D eigenvalue weighted by molar-refractivity contribution is 5.95. The molecule has 2 heterocycles. The lowest BCUT2D eigenvalue weighted by molar-refractivity contribution is 0.0390. The molecule has 3 aromatic rings. The number of nitrogens with zero attached hydrogens (tertiary/aromatic N) is 3. The van der Waals surface area contributed by atoms with Gasteiger partial charge in [0.1, 0.15) is 0 Å². The summed E-state index contributed by atoms with van der Waals surface area (Å²) < 4.78 is 5.88. The van der Waals surface area contributed by atoms with Crippen LogP contribution in [0, 0.1) is 12.8 Å². The van der Waals surface area contributed by atoms with E-state index in [1.807, 2.05) is 55.5 Å². The molecule has 1 aliphatic carbocycles. The van der Waals surface area contributed by atoms with Crippen LogP contribution in [0.1, 0.15) is 54.4 Å². The third-order valence-corrected chi connectivity index (χ3v) is 6.57. The first-order chi connectivity index (χ1) is 14.7. The van der Waals surface area contributed by atoms with Crippen molar-refractivity contribution in [3.63, 3.8) is 0 Å². The molecule has 5 rings (SSSR count). The Bertz CT molecular complexity index is 1040. The van der Waals surface area contributed by atoms with E-state index in [9.17, 15) is 4.79 Å². The van der Waals surface area contributed by atoms with Crippen LogP contribution in [-0.2, 0) is 0 Å². The summed E-state index contributed by atoms with van der Waals surface area (Å²) in [5.74, 6) is 1.82. The van der Waals surface area contributed by atoms with Gasteiger partial charge < -0.3 is 9.32 Å². The maximum Gasteiger partial charge on any atom is 0.254 e. The van der Waals surface area contributed by atoms with Crippen molar-refractivity contribution in [1.82, 2.24) is 15.1 Å². The lowest BCUT2D eigenvalue weighted by Crippen LogP contribution is -2.49.